The number of hydrogen-bond donors (Lipinski definition) is 1. The second kappa shape index (κ2) is 9.73. The first-order valence-corrected chi connectivity index (χ1v) is 15.7. The van der Waals surface area contributed by atoms with Gasteiger partial charge in [-0.3, -0.25) is 4.79 Å². The Kier molecular flexibility index (Phi) is 6.12. The number of rotatable bonds is 5. The highest BCUT2D eigenvalue weighted by molar-refractivity contribution is 6.33. The first-order valence-electron chi connectivity index (χ1n) is 15.3. The van der Waals surface area contributed by atoms with Gasteiger partial charge in [0, 0.05) is 58.3 Å². The van der Waals surface area contributed by atoms with Gasteiger partial charge in [-0.05, 0) is 75.6 Å². The van der Waals surface area contributed by atoms with Crippen LogP contribution in [0.3, 0.4) is 0 Å². The van der Waals surface area contributed by atoms with Crippen LogP contribution in [-0.4, -0.2) is 39.5 Å². The Morgan fingerprint density at radius 2 is 2.02 bits per heavy atom. The van der Waals surface area contributed by atoms with Crippen molar-refractivity contribution in [1.82, 2.24) is 19.8 Å². The molecule has 43 heavy (non-hydrogen) atoms. The monoisotopic (exact) mass is 599 g/mol. The van der Waals surface area contributed by atoms with Gasteiger partial charge in [-0.25, -0.2) is 13.8 Å². The van der Waals surface area contributed by atoms with E-state index in [1.165, 1.54) is 12.1 Å². The van der Waals surface area contributed by atoms with E-state index >= 15 is 4.39 Å². The Labute approximate surface area is 253 Å². The van der Waals surface area contributed by atoms with E-state index in [-0.39, 0.29) is 45.6 Å². The quantitative estimate of drug-likeness (QED) is 0.261. The highest BCUT2D eigenvalue weighted by atomic mass is 35.5. The van der Waals surface area contributed by atoms with Gasteiger partial charge < -0.3 is 14.8 Å². The molecule has 0 spiro atoms. The molecule has 9 heteroatoms. The Morgan fingerprint density at radius 3 is 2.72 bits per heavy atom. The van der Waals surface area contributed by atoms with E-state index in [1.54, 1.807) is 13.0 Å². The molecule has 4 aromatic rings. The molecule has 6 nitrogen and oxygen atoms in total. The fraction of sp³-hybridized carbons (Fsp3) is 0.441. The largest absolute Gasteiger partial charge is 0.337 e. The number of aryl methyl sites for hydroxylation is 1. The number of benzene rings is 2. The number of aromatic nitrogens is 2. The van der Waals surface area contributed by atoms with Crippen LogP contribution in [0.15, 0.2) is 30.3 Å². The summed E-state index contributed by atoms with van der Waals surface area (Å²) in [5.74, 6) is -1.10. The van der Waals surface area contributed by atoms with Gasteiger partial charge in [0.1, 0.15) is 11.3 Å². The van der Waals surface area contributed by atoms with Crippen LogP contribution in [-0.2, 0) is 4.79 Å². The molecule has 0 radical (unpaired) electrons. The third kappa shape index (κ3) is 3.90. The van der Waals surface area contributed by atoms with Crippen LogP contribution in [0.2, 0.25) is 5.02 Å². The molecular formula is C34H32ClF2N5O. The van der Waals surface area contributed by atoms with E-state index in [2.05, 4.69) is 26.9 Å². The summed E-state index contributed by atoms with van der Waals surface area (Å²) in [6.07, 6.45) is 4.86. The minimum absolute atomic E-state index is 0.0392. The third-order valence-electron chi connectivity index (χ3n) is 10.3. The fourth-order valence-electron chi connectivity index (χ4n) is 7.97. The van der Waals surface area contributed by atoms with Crippen LogP contribution in [0.5, 0.6) is 0 Å². The molecule has 1 unspecified atom stereocenters. The van der Waals surface area contributed by atoms with Crippen molar-refractivity contribution >= 4 is 39.3 Å². The number of amides is 1. The van der Waals surface area contributed by atoms with Crippen molar-refractivity contribution in [2.45, 2.75) is 70.0 Å². The van der Waals surface area contributed by atoms with Crippen molar-refractivity contribution in [3.05, 3.63) is 63.9 Å². The standard InChI is InChI=1S/C34H32ClF2N5O/c1-16(14-38)21-12-23-31(30(37)28(21)20-5-3-6-24(36)29(20)35)40-17(2)22-13-27(26-7-4-10-41(26)34(43)18-8-9-18)42(33(22)23)32-19-11-25(32)39-15-19/h3,5-6,12-13,16,18-19,25-26,32,39H,4,7-11,15H2,1-2H3/t16?,19-,25-,26-,32+/m1/s1. The van der Waals surface area contributed by atoms with Crippen LogP contribution in [0.1, 0.15) is 74.0 Å². The summed E-state index contributed by atoms with van der Waals surface area (Å²) in [6, 6.07) is 11.1. The van der Waals surface area contributed by atoms with Gasteiger partial charge in [0.25, 0.3) is 0 Å². The molecule has 5 fully saturated rings. The lowest BCUT2D eigenvalue weighted by atomic mass is 9.79. The zero-order chi connectivity index (χ0) is 29.7. The van der Waals surface area contributed by atoms with Crippen molar-refractivity contribution in [2.75, 3.05) is 13.1 Å². The lowest BCUT2D eigenvalue weighted by Gasteiger charge is -2.39. The number of likely N-dealkylation sites (tertiary alicyclic amines) is 1. The summed E-state index contributed by atoms with van der Waals surface area (Å²) in [5, 5.41) is 15.0. The number of carbonyl (C=O) groups excluding carboxylic acids is 1. The zero-order valence-corrected chi connectivity index (χ0v) is 24.9. The molecule has 2 aliphatic carbocycles. The van der Waals surface area contributed by atoms with E-state index in [1.807, 2.05) is 13.0 Å². The Hall–Kier alpha value is -3.54. The predicted octanol–water partition coefficient (Wildman–Crippen LogP) is 7.33. The van der Waals surface area contributed by atoms with E-state index in [0.29, 0.717) is 28.6 Å². The van der Waals surface area contributed by atoms with Crippen LogP contribution < -0.4 is 5.32 Å². The second-order valence-corrected chi connectivity index (χ2v) is 13.2. The van der Waals surface area contributed by atoms with Gasteiger partial charge in [-0.15, -0.1) is 0 Å². The average molecular weight is 600 g/mol. The molecule has 3 aliphatic heterocycles. The molecule has 2 aromatic heterocycles. The van der Waals surface area contributed by atoms with Gasteiger partial charge in [0.15, 0.2) is 5.82 Å². The topological polar surface area (TPSA) is 74.0 Å². The Balaban J connectivity index is 1.43. The summed E-state index contributed by atoms with van der Waals surface area (Å²) in [4.78, 5) is 20.3. The molecule has 2 saturated carbocycles. The molecule has 2 bridgehead atoms. The number of nitriles is 1. The van der Waals surface area contributed by atoms with Crippen LogP contribution >= 0.6 is 11.6 Å². The van der Waals surface area contributed by atoms with Crippen LogP contribution in [0.25, 0.3) is 32.9 Å². The first kappa shape index (κ1) is 27.0. The minimum Gasteiger partial charge on any atom is -0.337 e. The summed E-state index contributed by atoms with van der Waals surface area (Å²) < 4.78 is 33.8. The van der Waals surface area contributed by atoms with Crippen molar-refractivity contribution in [3.63, 3.8) is 0 Å². The number of fused-ring (bicyclic) bond motifs is 4. The average Bonchev–Trinajstić information content (AvgIpc) is 3.34. The lowest BCUT2D eigenvalue weighted by molar-refractivity contribution is -0.133. The zero-order valence-electron chi connectivity index (χ0n) is 24.1. The van der Waals surface area contributed by atoms with E-state index in [4.69, 9.17) is 16.6 Å². The molecule has 5 atom stereocenters. The molecule has 3 saturated heterocycles. The van der Waals surface area contributed by atoms with E-state index < -0.39 is 17.6 Å². The van der Waals surface area contributed by atoms with Crippen molar-refractivity contribution < 1.29 is 13.6 Å². The molecule has 9 rings (SSSR count). The van der Waals surface area contributed by atoms with Gasteiger partial charge in [0.05, 0.1) is 34.6 Å². The first-order chi connectivity index (χ1) is 20.8. The minimum atomic E-state index is -0.685. The Bertz CT molecular complexity index is 1880. The van der Waals surface area contributed by atoms with Gasteiger partial charge in [0.2, 0.25) is 5.91 Å². The second-order valence-electron chi connectivity index (χ2n) is 12.9. The number of carbonyl (C=O) groups is 1. The highest BCUT2D eigenvalue weighted by Gasteiger charge is 2.50. The van der Waals surface area contributed by atoms with Gasteiger partial charge in [-0.1, -0.05) is 23.7 Å². The summed E-state index contributed by atoms with van der Waals surface area (Å²) in [5.41, 5.74) is 3.62. The maximum Gasteiger partial charge on any atom is 0.226 e. The van der Waals surface area contributed by atoms with E-state index in [0.717, 1.165) is 61.8 Å². The summed E-state index contributed by atoms with van der Waals surface area (Å²) in [6.45, 7) is 5.30. The van der Waals surface area contributed by atoms with E-state index in [9.17, 15) is 14.4 Å². The summed E-state index contributed by atoms with van der Waals surface area (Å²) >= 11 is 6.38. The van der Waals surface area contributed by atoms with Crippen molar-refractivity contribution in [1.29, 1.82) is 5.26 Å². The molecule has 2 aromatic carbocycles. The fourth-order valence-corrected chi connectivity index (χ4v) is 8.19. The van der Waals surface area contributed by atoms with Crippen molar-refractivity contribution in [3.8, 4) is 17.2 Å². The number of nitrogens with one attached hydrogen (secondary N) is 1. The molecule has 220 valence electrons. The normalized spacial score (nSPS) is 25.3. The molecule has 5 aliphatic rings. The van der Waals surface area contributed by atoms with Crippen LogP contribution in [0, 0.1) is 41.7 Å². The van der Waals surface area contributed by atoms with Crippen LogP contribution in [0.4, 0.5) is 8.78 Å². The number of hydrogen-bond acceptors (Lipinski definition) is 4. The summed E-state index contributed by atoms with van der Waals surface area (Å²) in [7, 11) is 0. The molecule has 1 N–H and O–H groups in total. The third-order valence-corrected chi connectivity index (χ3v) is 10.7. The maximum absolute atomic E-state index is 16.9. The number of pyridine rings is 1. The molecule has 1 amide bonds. The molecular weight excluding hydrogens is 568 g/mol. The van der Waals surface area contributed by atoms with Gasteiger partial charge >= 0.3 is 0 Å². The smallest absolute Gasteiger partial charge is 0.226 e. The predicted molar refractivity (Wildman–Crippen MR) is 162 cm³/mol. The van der Waals surface area contributed by atoms with Gasteiger partial charge in [-0.2, -0.15) is 5.26 Å². The Morgan fingerprint density at radius 1 is 1.21 bits per heavy atom. The highest BCUT2D eigenvalue weighted by Crippen LogP contribution is 2.51. The number of nitrogens with zero attached hydrogens (tertiary/aromatic N) is 4. The van der Waals surface area contributed by atoms with Crippen molar-refractivity contribution in [2.24, 2.45) is 11.8 Å². The lowest BCUT2D eigenvalue weighted by Crippen LogP contribution is -2.41. The number of halogens is 3. The SMILES string of the molecule is Cc1nc2c(F)c(-c3cccc(F)c3Cl)c(C(C)C#N)cc2c2c1cc([C@H]1CCCN1C(=O)C1CC1)n2[C@H]1[C@H]2CN[C@@H]1C2. The molecule has 5 heterocycles. The maximum atomic E-state index is 16.9.